The number of aromatic nitrogens is 2. The number of nitrogens with two attached hydrogens (primary N) is 1. The number of amides is 1. The summed E-state index contributed by atoms with van der Waals surface area (Å²) in [7, 11) is 1.87. The van der Waals surface area contributed by atoms with Gasteiger partial charge < -0.3 is 21.1 Å². The Kier molecular flexibility index (Phi) is 7.03. The van der Waals surface area contributed by atoms with Crippen molar-refractivity contribution in [2.24, 2.45) is 5.73 Å². The molecular formula is C18H24FN5O3. The number of rotatable bonds is 8. The lowest BCUT2D eigenvalue weighted by Crippen LogP contribution is -2.34. The molecule has 0 saturated carbocycles. The van der Waals surface area contributed by atoms with Gasteiger partial charge in [-0.05, 0) is 31.7 Å². The van der Waals surface area contributed by atoms with Gasteiger partial charge in [0.15, 0.2) is 5.69 Å². The van der Waals surface area contributed by atoms with E-state index in [0.717, 1.165) is 0 Å². The van der Waals surface area contributed by atoms with E-state index in [1.54, 1.807) is 6.92 Å². The molecule has 0 unspecified atom stereocenters. The molecule has 0 fully saturated rings. The summed E-state index contributed by atoms with van der Waals surface area (Å²) in [6.07, 6.45) is 0. The highest BCUT2D eigenvalue weighted by Crippen LogP contribution is 2.10. The van der Waals surface area contributed by atoms with Crippen LogP contribution in [0.4, 0.5) is 4.39 Å². The van der Waals surface area contributed by atoms with Gasteiger partial charge in [0.2, 0.25) is 5.75 Å². The third-order valence-electron chi connectivity index (χ3n) is 4.13. The summed E-state index contributed by atoms with van der Waals surface area (Å²) in [5, 5.41) is 12.7. The van der Waals surface area contributed by atoms with Crippen molar-refractivity contribution in [1.82, 2.24) is 19.8 Å². The molecule has 0 spiro atoms. The first-order chi connectivity index (χ1) is 12.8. The molecule has 27 heavy (non-hydrogen) atoms. The van der Waals surface area contributed by atoms with Crippen molar-refractivity contribution in [3.05, 3.63) is 57.5 Å². The first kappa shape index (κ1) is 20.5. The number of benzene rings is 1. The molecule has 0 radical (unpaired) electrons. The fourth-order valence-electron chi connectivity index (χ4n) is 2.54. The molecule has 1 aromatic carbocycles. The van der Waals surface area contributed by atoms with E-state index < -0.39 is 17.2 Å². The molecule has 146 valence electrons. The van der Waals surface area contributed by atoms with E-state index in [4.69, 9.17) is 5.73 Å². The summed E-state index contributed by atoms with van der Waals surface area (Å²) in [6.45, 7) is 3.76. The predicted molar refractivity (Wildman–Crippen MR) is 99.0 cm³/mol. The minimum atomic E-state index is -0.696. The van der Waals surface area contributed by atoms with Crippen LogP contribution in [0.5, 0.6) is 5.75 Å². The van der Waals surface area contributed by atoms with E-state index in [9.17, 15) is 19.1 Å². The van der Waals surface area contributed by atoms with Crippen molar-refractivity contribution in [3.63, 3.8) is 0 Å². The van der Waals surface area contributed by atoms with Crippen molar-refractivity contribution in [1.29, 1.82) is 0 Å². The molecule has 0 bridgehead atoms. The standard InChI is InChI=1S/C18H24FN5O3/c1-12-22-15(17(26)21-11-13-3-5-14(19)6-4-13)16(25)18(27)24(12)10-9-23(2)8-7-20/h3-6,25H,7-11,20H2,1-2H3,(H,21,26). The minimum Gasteiger partial charge on any atom is -0.501 e. The molecule has 1 aromatic heterocycles. The van der Waals surface area contributed by atoms with Crippen LogP contribution >= 0.6 is 0 Å². The highest BCUT2D eigenvalue weighted by molar-refractivity contribution is 5.94. The molecule has 0 aliphatic carbocycles. The Morgan fingerprint density at radius 2 is 2.00 bits per heavy atom. The molecular weight excluding hydrogens is 353 g/mol. The highest BCUT2D eigenvalue weighted by atomic mass is 19.1. The van der Waals surface area contributed by atoms with E-state index in [2.05, 4.69) is 10.3 Å². The lowest BCUT2D eigenvalue weighted by atomic mass is 10.2. The number of aromatic hydroxyl groups is 1. The Morgan fingerprint density at radius 1 is 1.33 bits per heavy atom. The first-order valence-electron chi connectivity index (χ1n) is 8.55. The van der Waals surface area contributed by atoms with Crippen molar-refractivity contribution >= 4 is 5.91 Å². The fourth-order valence-corrected chi connectivity index (χ4v) is 2.54. The summed E-state index contributed by atoms with van der Waals surface area (Å²) < 4.78 is 14.2. The first-order valence-corrected chi connectivity index (χ1v) is 8.55. The quantitative estimate of drug-likeness (QED) is 0.606. The topological polar surface area (TPSA) is 113 Å². The van der Waals surface area contributed by atoms with Gasteiger partial charge in [-0.2, -0.15) is 0 Å². The number of nitrogens with zero attached hydrogens (tertiary/aromatic N) is 3. The zero-order valence-corrected chi connectivity index (χ0v) is 15.4. The van der Waals surface area contributed by atoms with Crippen molar-refractivity contribution in [2.75, 3.05) is 26.7 Å². The maximum absolute atomic E-state index is 12.9. The molecule has 0 saturated heterocycles. The maximum Gasteiger partial charge on any atom is 0.296 e. The smallest absolute Gasteiger partial charge is 0.296 e. The maximum atomic E-state index is 12.9. The number of carbonyl (C=O) groups excluding carboxylic acids is 1. The average molecular weight is 377 g/mol. The largest absolute Gasteiger partial charge is 0.501 e. The molecule has 4 N–H and O–H groups in total. The second-order valence-corrected chi connectivity index (χ2v) is 6.21. The van der Waals surface area contributed by atoms with Crippen LogP contribution in [-0.2, 0) is 13.1 Å². The number of hydrogen-bond donors (Lipinski definition) is 3. The zero-order valence-electron chi connectivity index (χ0n) is 15.4. The number of halogens is 1. The van der Waals surface area contributed by atoms with Crippen molar-refractivity contribution in [2.45, 2.75) is 20.0 Å². The molecule has 0 aliphatic rings. The predicted octanol–water partition coefficient (Wildman–Crippen LogP) is 0.217. The Morgan fingerprint density at radius 3 is 2.63 bits per heavy atom. The number of aryl methyl sites for hydroxylation is 1. The van der Waals surface area contributed by atoms with E-state index in [1.165, 1.54) is 28.8 Å². The van der Waals surface area contributed by atoms with Crippen LogP contribution in [0.1, 0.15) is 21.9 Å². The second kappa shape index (κ2) is 9.24. The molecule has 8 nitrogen and oxygen atoms in total. The van der Waals surface area contributed by atoms with Gasteiger partial charge in [-0.3, -0.25) is 14.2 Å². The third-order valence-corrected chi connectivity index (χ3v) is 4.13. The minimum absolute atomic E-state index is 0.117. The van der Waals surface area contributed by atoms with Crippen LogP contribution in [-0.4, -0.2) is 52.1 Å². The summed E-state index contributed by atoms with van der Waals surface area (Å²) in [6, 6.07) is 5.63. The van der Waals surface area contributed by atoms with E-state index >= 15 is 0 Å². The Bertz CT molecular complexity index is 851. The van der Waals surface area contributed by atoms with Gasteiger partial charge in [0, 0.05) is 32.7 Å². The summed E-state index contributed by atoms with van der Waals surface area (Å²) in [4.78, 5) is 30.7. The Hall–Kier alpha value is -2.78. The van der Waals surface area contributed by atoms with Crippen LogP contribution in [0.2, 0.25) is 0 Å². The fraction of sp³-hybridized carbons (Fsp3) is 0.389. The second-order valence-electron chi connectivity index (χ2n) is 6.21. The van der Waals surface area contributed by atoms with Gasteiger partial charge in [-0.15, -0.1) is 0 Å². The molecule has 1 heterocycles. The molecule has 2 aromatic rings. The molecule has 2 rings (SSSR count). The normalized spacial score (nSPS) is 11.0. The number of carbonyl (C=O) groups is 1. The molecule has 0 atom stereocenters. The third kappa shape index (κ3) is 5.35. The van der Waals surface area contributed by atoms with Crippen LogP contribution in [0.3, 0.4) is 0 Å². The Balaban J connectivity index is 2.11. The highest BCUT2D eigenvalue weighted by Gasteiger charge is 2.19. The summed E-state index contributed by atoms with van der Waals surface area (Å²) in [5.41, 5.74) is 5.17. The average Bonchev–Trinajstić information content (AvgIpc) is 2.64. The van der Waals surface area contributed by atoms with Gasteiger partial charge >= 0.3 is 0 Å². The number of nitrogens with one attached hydrogen (secondary N) is 1. The summed E-state index contributed by atoms with van der Waals surface area (Å²) >= 11 is 0. The van der Waals surface area contributed by atoms with Gasteiger partial charge in [0.1, 0.15) is 11.6 Å². The molecule has 0 aliphatic heterocycles. The van der Waals surface area contributed by atoms with Crippen molar-refractivity contribution in [3.8, 4) is 5.75 Å². The number of hydrogen-bond acceptors (Lipinski definition) is 6. The zero-order chi connectivity index (χ0) is 20.0. The van der Waals surface area contributed by atoms with Crippen molar-refractivity contribution < 1.29 is 14.3 Å². The number of likely N-dealkylation sites (N-methyl/N-ethyl adjacent to an activating group) is 1. The van der Waals surface area contributed by atoms with Gasteiger partial charge in [0.05, 0.1) is 0 Å². The van der Waals surface area contributed by atoms with Crippen LogP contribution in [0.25, 0.3) is 0 Å². The van der Waals surface area contributed by atoms with E-state index in [0.29, 0.717) is 37.6 Å². The van der Waals surface area contributed by atoms with Crippen LogP contribution < -0.4 is 16.6 Å². The Labute approximate surface area is 156 Å². The van der Waals surface area contributed by atoms with Crippen LogP contribution in [0, 0.1) is 12.7 Å². The van der Waals surface area contributed by atoms with Gasteiger partial charge in [0.25, 0.3) is 11.5 Å². The SMILES string of the molecule is Cc1nc(C(=O)NCc2ccc(F)cc2)c(O)c(=O)n1CCN(C)CCN. The summed E-state index contributed by atoms with van der Waals surface area (Å²) in [5.74, 6) is -1.42. The van der Waals surface area contributed by atoms with Gasteiger partial charge in [-0.1, -0.05) is 12.1 Å². The lowest BCUT2D eigenvalue weighted by molar-refractivity contribution is 0.0941. The van der Waals surface area contributed by atoms with Crippen LogP contribution in [0.15, 0.2) is 29.1 Å². The lowest BCUT2D eigenvalue weighted by Gasteiger charge is -2.18. The molecule has 9 heteroatoms. The molecule has 1 amide bonds. The van der Waals surface area contributed by atoms with E-state index in [-0.39, 0.29) is 18.1 Å². The van der Waals surface area contributed by atoms with Gasteiger partial charge in [-0.25, -0.2) is 9.37 Å². The monoisotopic (exact) mass is 377 g/mol. The van der Waals surface area contributed by atoms with E-state index in [1.807, 2.05) is 11.9 Å².